The van der Waals surface area contributed by atoms with Crippen molar-refractivity contribution in [3.05, 3.63) is 78.1 Å². The Balaban J connectivity index is 1.51. The van der Waals surface area contributed by atoms with E-state index in [0.29, 0.717) is 0 Å². The van der Waals surface area contributed by atoms with Gasteiger partial charge >= 0.3 is 7.12 Å². The van der Waals surface area contributed by atoms with Crippen molar-refractivity contribution in [2.24, 2.45) is 0 Å². The van der Waals surface area contributed by atoms with Crippen molar-refractivity contribution in [1.82, 2.24) is 9.97 Å². The summed E-state index contributed by atoms with van der Waals surface area (Å²) < 4.78 is 15.5. The summed E-state index contributed by atoms with van der Waals surface area (Å²) in [4.78, 5) is 10.5. The van der Waals surface area contributed by atoms with Crippen molar-refractivity contribution in [3.63, 3.8) is 0 Å². The summed E-state index contributed by atoms with van der Waals surface area (Å²) in [5.74, 6) is 0. The predicted octanol–water partition coefficient (Wildman–Crippen LogP) is 9.71. The van der Waals surface area contributed by atoms with Gasteiger partial charge in [-0.05, 0) is 50.8 Å². The number of thiophene rings is 1. The van der Waals surface area contributed by atoms with Crippen molar-refractivity contribution in [1.29, 1.82) is 0 Å². The second-order valence-corrected chi connectivity index (χ2v) is 16.4. The number of rotatable bonds is 2. The average Bonchev–Trinajstić information content (AvgIpc) is 3.43. The van der Waals surface area contributed by atoms with Crippen LogP contribution in [-0.2, 0) is 20.1 Å². The van der Waals surface area contributed by atoms with E-state index in [1.54, 1.807) is 0 Å². The Kier molecular flexibility index (Phi) is 6.41. The van der Waals surface area contributed by atoms with Crippen LogP contribution in [0, 0.1) is 0 Å². The molecule has 0 radical (unpaired) electrons. The monoisotopic (exact) mass is 600 g/mol. The van der Waals surface area contributed by atoms with E-state index >= 15 is 0 Å². The lowest BCUT2D eigenvalue weighted by atomic mass is 9.78. The highest BCUT2D eigenvalue weighted by atomic mass is 32.1. The number of hydrogen-bond acceptors (Lipinski definition) is 5. The first-order chi connectivity index (χ1) is 20.5. The summed E-state index contributed by atoms with van der Waals surface area (Å²) in [6.45, 7) is 21.8. The van der Waals surface area contributed by atoms with E-state index in [-0.39, 0.29) is 10.8 Å². The van der Waals surface area contributed by atoms with Gasteiger partial charge in [0.15, 0.2) is 0 Å². The third-order valence-electron chi connectivity index (χ3n) is 9.53. The molecule has 0 saturated carbocycles. The highest BCUT2D eigenvalue weighted by Gasteiger charge is 2.52. The third-order valence-corrected chi connectivity index (χ3v) is 10.8. The number of benzene rings is 3. The zero-order valence-electron chi connectivity index (χ0n) is 27.5. The van der Waals surface area contributed by atoms with E-state index in [4.69, 9.17) is 19.3 Å². The van der Waals surface area contributed by atoms with Crippen molar-refractivity contribution in [3.8, 4) is 11.1 Å². The Morgan fingerprint density at radius 3 is 1.86 bits per heavy atom. The molecule has 0 spiro atoms. The number of aromatic nitrogens is 2. The van der Waals surface area contributed by atoms with E-state index in [1.165, 1.54) is 31.3 Å². The van der Waals surface area contributed by atoms with Gasteiger partial charge in [0.1, 0.15) is 0 Å². The van der Waals surface area contributed by atoms with Crippen molar-refractivity contribution < 1.29 is 9.31 Å². The molecule has 3 aromatic heterocycles. The molecule has 4 heterocycles. The molecule has 6 heteroatoms. The van der Waals surface area contributed by atoms with E-state index < -0.39 is 18.3 Å². The number of fused-ring (bicyclic) bond motifs is 6. The molecular weight excluding hydrogens is 559 g/mol. The third kappa shape index (κ3) is 4.57. The van der Waals surface area contributed by atoms with E-state index in [9.17, 15) is 0 Å². The summed E-state index contributed by atoms with van der Waals surface area (Å²) >= 11 is 1.83. The van der Waals surface area contributed by atoms with Gasteiger partial charge in [0.2, 0.25) is 0 Å². The highest BCUT2D eigenvalue weighted by molar-refractivity contribution is 7.27. The minimum Gasteiger partial charge on any atom is -0.399 e. The molecule has 0 unspecified atom stereocenters. The van der Waals surface area contributed by atoms with Gasteiger partial charge in [-0.2, -0.15) is 0 Å². The first kappa shape index (κ1) is 29.4. The van der Waals surface area contributed by atoms with E-state index in [0.717, 1.165) is 38.7 Å². The molecule has 224 valence electrons. The van der Waals surface area contributed by atoms with Crippen LogP contribution in [0.25, 0.3) is 53.1 Å². The second-order valence-electron chi connectivity index (χ2n) is 15.4. The van der Waals surface area contributed by atoms with Crippen molar-refractivity contribution in [2.75, 3.05) is 0 Å². The smallest absolute Gasteiger partial charge is 0.399 e. The average molecular weight is 601 g/mol. The Bertz CT molecular complexity index is 2100. The van der Waals surface area contributed by atoms with Crippen LogP contribution in [0.15, 0.2) is 66.7 Å². The van der Waals surface area contributed by atoms with Gasteiger partial charge in [0.25, 0.3) is 0 Å². The van der Waals surface area contributed by atoms with Gasteiger partial charge in [0.05, 0.1) is 22.2 Å². The molecule has 0 aliphatic carbocycles. The molecule has 1 saturated heterocycles. The Morgan fingerprint density at radius 1 is 0.614 bits per heavy atom. The number of hydrogen-bond donors (Lipinski definition) is 0. The summed E-state index contributed by atoms with van der Waals surface area (Å²) in [5.41, 5.74) is 6.58. The van der Waals surface area contributed by atoms with Gasteiger partial charge in [0, 0.05) is 58.8 Å². The van der Waals surface area contributed by atoms with Crippen LogP contribution in [0.2, 0.25) is 0 Å². The molecule has 7 rings (SSSR count). The summed E-state index contributed by atoms with van der Waals surface area (Å²) in [5, 5.41) is 4.72. The van der Waals surface area contributed by atoms with Gasteiger partial charge in [-0.1, -0.05) is 96.1 Å². The normalized spacial score (nSPS) is 17.0. The zero-order valence-corrected chi connectivity index (χ0v) is 28.4. The number of nitrogens with zero attached hydrogens (tertiary/aromatic N) is 2. The molecule has 0 amide bonds. The van der Waals surface area contributed by atoms with Crippen LogP contribution in [0.3, 0.4) is 0 Å². The maximum absolute atomic E-state index is 6.52. The predicted molar refractivity (Wildman–Crippen MR) is 188 cm³/mol. The topological polar surface area (TPSA) is 44.2 Å². The van der Waals surface area contributed by atoms with E-state index in [1.807, 2.05) is 11.3 Å². The molecule has 3 aromatic carbocycles. The first-order valence-corrected chi connectivity index (χ1v) is 16.4. The van der Waals surface area contributed by atoms with Gasteiger partial charge in [-0.25, -0.2) is 9.97 Å². The van der Waals surface area contributed by atoms with Gasteiger partial charge < -0.3 is 9.31 Å². The molecule has 0 atom stereocenters. The Hall–Kier alpha value is -3.32. The van der Waals surface area contributed by atoms with E-state index in [2.05, 4.69) is 136 Å². The molecule has 0 N–H and O–H groups in total. The zero-order chi connectivity index (χ0) is 31.4. The lowest BCUT2D eigenvalue weighted by Crippen LogP contribution is -2.41. The fourth-order valence-electron chi connectivity index (χ4n) is 6.11. The summed E-state index contributed by atoms with van der Waals surface area (Å²) in [7, 11) is -0.413. The lowest BCUT2D eigenvalue weighted by Gasteiger charge is -2.32. The molecular formula is C38H41BN2O2S. The van der Waals surface area contributed by atoms with Crippen LogP contribution in [0.1, 0.15) is 80.6 Å². The quantitative estimate of drug-likeness (QED) is 0.147. The largest absolute Gasteiger partial charge is 0.496 e. The molecule has 44 heavy (non-hydrogen) atoms. The van der Waals surface area contributed by atoms with Crippen LogP contribution in [-0.4, -0.2) is 28.3 Å². The standard InChI is InChI=1S/C38H41BN2O2S/c1-35(2,3)29-20-18-22-17-19-23-27(21-30(36(4,5)6)41-32(23)31(22)40-29)26-14-11-13-24-25-15-12-16-28(34(25)44-33(24)26)39-42-37(7,8)38(9,10)43-39/h11-21H,1-10H3. The highest BCUT2D eigenvalue weighted by Crippen LogP contribution is 2.44. The molecule has 1 aliphatic rings. The summed E-state index contributed by atoms with van der Waals surface area (Å²) in [6.07, 6.45) is 0. The van der Waals surface area contributed by atoms with Crippen molar-refractivity contribution in [2.45, 2.75) is 91.3 Å². The fourth-order valence-corrected chi connectivity index (χ4v) is 7.46. The molecule has 1 fully saturated rings. The van der Waals surface area contributed by atoms with Crippen LogP contribution >= 0.6 is 11.3 Å². The molecule has 1 aliphatic heterocycles. The molecule has 4 nitrogen and oxygen atoms in total. The SMILES string of the molecule is CC(C)(C)c1ccc2ccc3c(-c4cccc5c4sc4c(B6OC(C)(C)C(C)(C)O6)cccc45)cc(C(C)(C)C)nc3c2n1. The van der Waals surface area contributed by atoms with Gasteiger partial charge in [-0.15, -0.1) is 11.3 Å². The van der Waals surface area contributed by atoms with Gasteiger partial charge in [-0.3, -0.25) is 0 Å². The Morgan fingerprint density at radius 2 is 1.20 bits per heavy atom. The first-order valence-electron chi connectivity index (χ1n) is 15.6. The molecule has 6 aromatic rings. The number of pyridine rings is 2. The Labute approximate surface area is 265 Å². The maximum Gasteiger partial charge on any atom is 0.496 e. The minimum atomic E-state index is -0.413. The minimum absolute atomic E-state index is 0.0572. The molecule has 0 bridgehead atoms. The van der Waals surface area contributed by atoms with Crippen molar-refractivity contribution >= 4 is 65.9 Å². The fraction of sp³-hybridized carbons (Fsp3) is 0.368. The van der Waals surface area contributed by atoms with Crippen LogP contribution in [0.4, 0.5) is 0 Å². The van der Waals surface area contributed by atoms with Crippen LogP contribution in [0.5, 0.6) is 0 Å². The summed E-state index contributed by atoms with van der Waals surface area (Å²) in [6, 6.07) is 24.3. The lowest BCUT2D eigenvalue weighted by molar-refractivity contribution is 0.00578. The second kappa shape index (κ2) is 9.59. The maximum atomic E-state index is 6.52. The van der Waals surface area contributed by atoms with Crippen LogP contribution < -0.4 is 5.46 Å².